The maximum Gasteiger partial charge on any atom is 0.0946 e. The summed E-state index contributed by atoms with van der Waals surface area (Å²) in [7, 11) is 2.00. The summed E-state index contributed by atoms with van der Waals surface area (Å²) < 4.78 is 2.10. The van der Waals surface area contributed by atoms with Gasteiger partial charge in [-0.1, -0.05) is 42.5 Å². The summed E-state index contributed by atoms with van der Waals surface area (Å²) in [6, 6.07) is 15.3. The number of rotatable bonds is 4. The highest BCUT2D eigenvalue weighted by atomic mass is 15.1. The van der Waals surface area contributed by atoms with Crippen LogP contribution in [0, 0.1) is 0 Å². The van der Waals surface area contributed by atoms with Gasteiger partial charge in [-0.05, 0) is 23.4 Å². The third-order valence-corrected chi connectivity index (χ3v) is 3.50. The molecule has 1 N–H and O–H groups in total. The second kappa shape index (κ2) is 5.24. The van der Waals surface area contributed by atoms with Crippen molar-refractivity contribution in [3.05, 3.63) is 66.7 Å². The van der Waals surface area contributed by atoms with E-state index in [1.54, 1.807) is 0 Å². The largest absolute Gasteiger partial charge is 0.336 e. The minimum Gasteiger partial charge on any atom is -0.336 e. The molecule has 3 nitrogen and oxygen atoms in total. The molecule has 3 aromatic rings. The standard InChI is InChI=1S/C16H17N3/c1-17-16(11-19-10-9-18-12-19)15-8-4-6-13-5-2-3-7-14(13)15/h2-10,12,16-17H,11H2,1H3. The fourth-order valence-corrected chi connectivity index (χ4v) is 2.51. The lowest BCUT2D eigenvalue weighted by Gasteiger charge is -2.19. The van der Waals surface area contributed by atoms with Crippen molar-refractivity contribution in [3.8, 4) is 0 Å². The van der Waals surface area contributed by atoms with Crippen molar-refractivity contribution in [2.24, 2.45) is 0 Å². The fraction of sp³-hybridized carbons (Fsp3) is 0.188. The van der Waals surface area contributed by atoms with E-state index in [1.807, 2.05) is 25.8 Å². The van der Waals surface area contributed by atoms with E-state index in [0.717, 1.165) is 6.54 Å². The Kier molecular flexibility index (Phi) is 3.29. The highest BCUT2D eigenvalue weighted by Crippen LogP contribution is 2.25. The van der Waals surface area contributed by atoms with Gasteiger partial charge in [-0.3, -0.25) is 0 Å². The molecule has 0 saturated carbocycles. The van der Waals surface area contributed by atoms with E-state index < -0.39 is 0 Å². The van der Waals surface area contributed by atoms with Crippen LogP contribution < -0.4 is 5.32 Å². The topological polar surface area (TPSA) is 29.9 Å². The number of benzene rings is 2. The van der Waals surface area contributed by atoms with E-state index in [2.05, 4.69) is 57.3 Å². The van der Waals surface area contributed by atoms with Crippen LogP contribution in [0.15, 0.2) is 61.2 Å². The molecule has 2 aromatic carbocycles. The molecule has 19 heavy (non-hydrogen) atoms. The molecule has 0 radical (unpaired) electrons. The average molecular weight is 251 g/mol. The van der Waals surface area contributed by atoms with Crippen molar-refractivity contribution in [2.75, 3.05) is 7.05 Å². The molecule has 0 spiro atoms. The van der Waals surface area contributed by atoms with Crippen LogP contribution in [0.2, 0.25) is 0 Å². The lowest BCUT2D eigenvalue weighted by molar-refractivity contribution is 0.503. The van der Waals surface area contributed by atoms with Gasteiger partial charge in [0, 0.05) is 18.9 Å². The van der Waals surface area contributed by atoms with Crippen LogP contribution in [0.4, 0.5) is 0 Å². The monoisotopic (exact) mass is 251 g/mol. The summed E-state index contributed by atoms with van der Waals surface area (Å²) in [6.07, 6.45) is 5.67. The van der Waals surface area contributed by atoms with Crippen molar-refractivity contribution in [2.45, 2.75) is 12.6 Å². The third kappa shape index (κ3) is 2.37. The molecule has 0 saturated heterocycles. The van der Waals surface area contributed by atoms with Gasteiger partial charge in [0.25, 0.3) is 0 Å². The summed E-state index contributed by atoms with van der Waals surface area (Å²) in [6.45, 7) is 0.879. The number of nitrogens with zero attached hydrogens (tertiary/aromatic N) is 2. The predicted octanol–water partition coefficient (Wildman–Crippen LogP) is 3.00. The van der Waals surface area contributed by atoms with Crippen LogP contribution >= 0.6 is 0 Å². The van der Waals surface area contributed by atoms with Gasteiger partial charge in [-0.15, -0.1) is 0 Å². The number of nitrogens with one attached hydrogen (secondary N) is 1. The minimum atomic E-state index is 0.278. The molecule has 3 heteroatoms. The van der Waals surface area contributed by atoms with Gasteiger partial charge < -0.3 is 9.88 Å². The molecule has 0 fully saturated rings. The molecule has 0 amide bonds. The van der Waals surface area contributed by atoms with Crippen molar-refractivity contribution >= 4 is 10.8 Å². The van der Waals surface area contributed by atoms with Gasteiger partial charge in [0.05, 0.1) is 12.4 Å². The molecule has 1 aromatic heterocycles. The third-order valence-electron chi connectivity index (χ3n) is 3.50. The Bertz CT molecular complexity index is 653. The Morgan fingerprint density at radius 1 is 1.16 bits per heavy atom. The molecular formula is C16H17N3. The Balaban J connectivity index is 2.01. The summed E-state index contributed by atoms with van der Waals surface area (Å²) in [5.74, 6) is 0. The van der Waals surface area contributed by atoms with Crippen LogP contribution in [0.25, 0.3) is 10.8 Å². The Hall–Kier alpha value is -2.13. The zero-order chi connectivity index (χ0) is 13.1. The van der Waals surface area contributed by atoms with Crippen LogP contribution in [0.5, 0.6) is 0 Å². The van der Waals surface area contributed by atoms with E-state index in [4.69, 9.17) is 0 Å². The molecule has 1 unspecified atom stereocenters. The van der Waals surface area contributed by atoms with E-state index in [9.17, 15) is 0 Å². The number of likely N-dealkylation sites (N-methyl/N-ethyl adjacent to an activating group) is 1. The van der Waals surface area contributed by atoms with E-state index in [-0.39, 0.29) is 6.04 Å². The van der Waals surface area contributed by atoms with Crippen LogP contribution in [0.3, 0.4) is 0 Å². The van der Waals surface area contributed by atoms with Crippen molar-refractivity contribution in [3.63, 3.8) is 0 Å². The number of hydrogen-bond acceptors (Lipinski definition) is 2. The van der Waals surface area contributed by atoms with Gasteiger partial charge in [0.15, 0.2) is 0 Å². The maximum absolute atomic E-state index is 4.10. The smallest absolute Gasteiger partial charge is 0.0946 e. The molecule has 96 valence electrons. The van der Waals surface area contributed by atoms with Crippen molar-refractivity contribution < 1.29 is 0 Å². The zero-order valence-electron chi connectivity index (χ0n) is 11.0. The molecule has 0 aliphatic rings. The van der Waals surface area contributed by atoms with E-state index >= 15 is 0 Å². The fourth-order valence-electron chi connectivity index (χ4n) is 2.51. The first-order valence-electron chi connectivity index (χ1n) is 6.49. The average Bonchev–Trinajstić information content (AvgIpc) is 2.97. The highest BCUT2D eigenvalue weighted by Gasteiger charge is 2.12. The summed E-state index contributed by atoms with van der Waals surface area (Å²) in [5, 5.41) is 5.99. The number of hydrogen-bond donors (Lipinski definition) is 1. The molecule has 3 rings (SSSR count). The second-order valence-corrected chi connectivity index (χ2v) is 4.67. The maximum atomic E-state index is 4.10. The second-order valence-electron chi connectivity index (χ2n) is 4.67. The summed E-state index contributed by atoms with van der Waals surface area (Å²) in [5.41, 5.74) is 1.33. The van der Waals surface area contributed by atoms with Gasteiger partial charge in [0.2, 0.25) is 0 Å². The molecule has 0 aliphatic heterocycles. The number of aromatic nitrogens is 2. The van der Waals surface area contributed by atoms with Gasteiger partial charge >= 0.3 is 0 Å². The van der Waals surface area contributed by atoms with Crippen molar-refractivity contribution in [1.29, 1.82) is 0 Å². The normalized spacial score (nSPS) is 12.7. The van der Waals surface area contributed by atoms with Gasteiger partial charge in [-0.25, -0.2) is 4.98 Å². The number of fused-ring (bicyclic) bond motifs is 1. The highest BCUT2D eigenvalue weighted by molar-refractivity contribution is 5.86. The van der Waals surface area contributed by atoms with E-state index in [0.29, 0.717) is 0 Å². The minimum absolute atomic E-state index is 0.278. The first-order valence-corrected chi connectivity index (χ1v) is 6.49. The quantitative estimate of drug-likeness (QED) is 0.772. The van der Waals surface area contributed by atoms with Gasteiger partial charge in [-0.2, -0.15) is 0 Å². The van der Waals surface area contributed by atoms with Crippen LogP contribution in [-0.2, 0) is 6.54 Å². The lowest BCUT2D eigenvalue weighted by Crippen LogP contribution is -2.21. The molecule has 1 atom stereocenters. The van der Waals surface area contributed by atoms with Crippen LogP contribution in [0.1, 0.15) is 11.6 Å². The Morgan fingerprint density at radius 2 is 2.00 bits per heavy atom. The predicted molar refractivity (Wildman–Crippen MR) is 78.0 cm³/mol. The molecule has 0 bridgehead atoms. The lowest BCUT2D eigenvalue weighted by atomic mass is 9.99. The van der Waals surface area contributed by atoms with E-state index in [1.165, 1.54) is 16.3 Å². The Morgan fingerprint density at radius 3 is 2.79 bits per heavy atom. The Labute approximate surface area is 112 Å². The first kappa shape index (κ1) is 11.9. The van der Waals surface area contributed by atoms with Gasteiger partial charge in [0.1, 0.15) is 0 Å². The molecular weight excluding hydrogens is 234 g/mol. The van der Waals surface area contributed by atoms with Crippen molar-refractivity contribution in [1.82, 2.24) is 14.9 Å². The summed E-state index contributed by atoms with van der Waals surface area (Å²) >= 11 is 0. The zero-order valence-corrected chi connectivity index (χ0v) is 11.0. The SMILES string of the molecule is CNC(Cn1ccnc1)c1cccc2ccccc12. The first-order chi connectivity index (χ1) is 9.38. The molecule has 0 aliphatic carbocycles. The molecule has 1 heterocycles. The van der Waals surface area contributed by atoms with Crippen LogP contribution in [-0.4, -0.2) is 16.6 Å². The number of imidazole rings is 1. The summed E-state index contributed by atoms with van der Waals surface area (Å²) in [4.78, 5) is 4.10.